The van der Waals surface area contributed by atoms with Crippen LogP contribution >= 0.6 is 0 Å². The molecule has 8 atom stereocenters. The highest BCUT2D eigenvalue weighted by atomic mass is 16.4. The fourth-order valence-corrected chi connectivity index (χ4v) is 9.88. The molecule has 5 rings (SSSR count). The van der Waals surface area contributed by atoms with Crippen LogP contribution in [0.1, 0.15) is 93.4 Å². The van der Waals surface area contributed by atoms with Gasteiger partial charge in [0.2, 0.25) is 5.70 Å². The number of carbonyl (C=O) groups excluding carboxylic acids is 2. The van der Waals surface area contributed by atoms with Crippen molar-refractivity contribution in [3.63, 3.8) is 0 Å². The lowest BCUT2D eigenvalue weighted by atomic mass is 9.34. The smallest absolute Gasteiger partial charge is 0.309 e. The minimum atomic E-state index is -0.793. The Bertz CT molecular complexity index is 1190. The van der Waals surface area contributed by atoms with Crippen LogP contribution in [-0.2, 0) is 14.4 Å². The largest absolute Gasteiger partial charge is 0.481 e. The molecule has 0 unspecified atom stereocenters. The van der Waals surface area contributed by atoms with Gasteiger partial charge in [0.05, 0.1) is 12.0 Å². The summed E-state index contributed by atoms with van der Waals surface area (Å²) in [5.74, 6) is -0.830. The standard InChI is InChI=1S/C31H41NO4/c1-26(2)21-9-10-30(6)22(29(21,5)17-19(32-8)24(26)34)15-20(33)23-18-16-28(4,25(35)36)12-11-27(18,3)13-14-31(23,30)7/h15,17-18,21,23H,9-14,16H2,1-7H3,(H,35,36)/t18-,21-,23-,27+,28-,29-,30+,31+/m0/s1. The summed E-state index contributed by atoms with van der Waals surface area (Å²) in [5, 5.41) is 10.1. The molecular formula is C31H41NO4. The molecule has 5 heteroatoms. The van der Waals surface area contributed by atoms with Crippen molar-refractivity contribution in [1.82, 2.24) is 0 Å². The van der Waals surface area contributed by atoms with Crippen LogP contribution in [0, 0.1) is 56.8 Å². The molecule has 1 N–H and O–H groups in total. The molecule has 0 aliphatic heterocycles. The Labute approximate surface area is 215 Å². The van der Waals surface area contributed by atoms with Crippen molar-refractivity contribution in [2.24, 2.45) is 50.2 Å². The van der Waals surface area contributed by atoms with E-state index in [0.29, 0.717) is 12.8 Å². The highest BCUT2D eigenvalue weighted by molar-refractivity contribution is 6.03. The Morgan fingerprint density at radius 1 is 1.00 bits per heavy atom. The Balaban J connectivity index is 1.68. The van der Waals surface area contributed by atoms with Gasteiger partial charge in [-0.2, -0.15) is 0 Å². The maximum Gasteiger partial charge on any atom is 0.309 e. The predicted molar refractivity (Wildman–Crippen MR) is 138 cm³/mol. The molecule has 5 aliphatic carbocycles. The number of carbonyl (C=O) groups is 3. The Kier molecular flexibility index (Phi) is 5.09. The highest BCUT2D eigenvalue weighted by Crippen LogP contribution is 2.74. The van der Waals surface area contributed by atoms with Gasteiger partial charge in [-0.25, -0.2) is 4.85 Å². The number of hydrogen-bond donors (Lipinski definition) is 1. The van der Waals surface area contributed by atoms with Crippen LogP contribution in [0.3, 0.4) is 0 Å². The maximum atomic E-state index is 14.2. The summed E-state index contributed by atoms with van der Waals surface area (Å²) in [6.45, 7) is 22.5. The molecule has 36 heavy (non-hydrogen) atoms. The van der Waals surface area contributed by atoms with E-state index >= 15 is 0 Å². The van der Waals surface area contributed by atoms with Gasteiger partial charge in [0.25, 0.3) is 0 Å². The van der Waals surface area contributed by atoms with Crippen LogP contribution in [0.15, 0.2) is 23.4 Å². The number of carboxylic acid groups (broad SMARTS) is 1. The maximum absolute atomic E-state index is 14.2. The third kappa shape index (κ3) is 2.85. The minimum absolute atomic E-state index is 0.0198. The summed E-state index contributed by atoms with van der Waals surface area (Å²) in [6.07, 6.45) is 9.55. The summed E-state index contributed by atoms with van der Waals surface area (Å²) < 4.78 is 0. The van der Waals surface area contributed by atoms with Crippen molar-refractivity contribution < 1.29 is 19.5 Å². The van der Waals surface area contributed by atoms with Crippen LogP contribution in [0.25, 0.3) is 4.85 Å². The molecule has 5 nitrogen and oxygen atoms in total. The van der Waals surface area contributed by atoms with E-state index in [4.69, 9.17) is 6.57 Å². The van der Waals surface area contributed by atoms with Gasteiger partial charge in [-0.05, 0) is 86.0 Å². The highest BCUT2D eigenvalue weighted by Gasteiger charge is 2.69. The minimum Gasteiger partial charge on any atom is -0.481 e. The molecule has 0 aromatic rings. The van der Waals surface area contributed by atoms with Gasteiger partial charge in [-0.3, -0.25) is 9.59 Å². The average molecular weight is 492 g/mol. The van der Waals surface area contributed by atoms with Gasteiger partial charge < -0.3 is 9.90 Å². The van der Waals surface area contributed by atoms with Crippen LogP contribution in [0.2, 0.25) is 0 Å². The third-order valence-electron chi connectivity index (χ3n) is 12.6. The Morgan fingerprint density at radius 2 is 1.64 bits per heavy atom. The topological polar surface area (TPSA) is 75.8 Å². The Morgan fingerprint density at radius 3 is 2.25 bits per heavy atom. The first-order valence-electron chi connectivity index (χ1n) is 13.7. The first-order valence-corrected chi connectivity index (χ1v) is 13.7. The molecule has 0 heterocycles. The van der Waals surface area contributed by atoms with Crippen molar-refractivity contribution in [3.8, 4) is 0 Å². The van der Waals surface area contributed by atoms with E-state index in [9.17, 15) is 19.5 Å². The summed E-state index contributed by atoms with van der Waals surface area (Å²) in [5.41, 5.74) is -1.26. The molecule has 0 aromatic carbocycles. The first kappa shape index (κ1) is 25.4. The lowest BCUT2D eigenvalue weighted by Gasteiger charge is -2.69. The van der Waals surface area contributed by atoms with Crippen molar-refractivity contribution >= 4 is 17.5 Å². The van der Waals surface area contributed by atoms with Gasteiger partial charge in [0.1, 0.15) is 0 Å². The van der Waals surface area contributed by atoms with E-state index in [1.54, 1.807) is 0 Å². The van der Waals surface area contributed by atoms with Crippen molar-refractivity contribution in [2.45, 2.75) is 93.4 Å². The van der Waals surface area contributed by atoms with Crippen molar-refractivity contribution in [3.05, 3.63) is 34.8 Å². The molecule has 0 spiro atoms. The lowest BCUT2D eigenvalue weighted by molar-refractivity contribution is -0.178. The van der Waals surface area contributed by atoms with Crippen LogP contribution in [-0.4, -0.2) is 22.6 Å². The zero-order valence-corrected chi connectivity index (χ0v) is 23.0. The third-order valence-corrected chi connectivity index (χ3v) is 12.6. The molecule has 0 saturated heterocycles. The Hall–Kier alpha value is -2.22. The molecule has 0 amide bonds. The first-order chi connectivity index (χ1) is 16.5. The average Bonchev–Trinajstić information content (AvgIpc) is 2.79. The number of allylic oxidation sites excluding steroid dienone is 4. The van der Waals surface area contributed by atoms with Gasteiger partial charge in [0.15, 0.2) is 11.6 Å². The fraction of sp³-hybridized carbons (Fsp3) is 0.742. The monoisotopic (exact) mass is 491 g/mol. The molecule has 0 aromatic heterocycles. The van der Waals surface area contributed by atoms with Gasteiger partial charge in [0, 0.05) is 16.7 Å². The zero-order valence-electron chi connectivity index (χ0n) is 23.0. The van der Waals surface area contributed by atoms with Crippen molar-refractivity contribution in [1.29, 1.82) is 0 Å². The number of Topliss-reactive ketones (excluding diaryl/α,β-unsaturated/α-hetero) is 1. The quantitative estimate of drug-likeness (QED) is 0.417. The zero-order chi connectivity index (χ0) is 26.7. The van der Waals surface area contributed by atoms with Crippen LogP contribution in [0.4, 0.5) is 0 Å². The van der Waals surface area contributed by atoms with E-state index < -0.39 is 22.2 Å². The summed E-state index contributed by atoms with van der Waals surface area (Å²) in [7, 11) is 0. The lowest BCUT2D eigenvalue weighted by Crippen LogP contribution is -2.64. The van der Waals surface area contributed by atoms with Crippen LogP contribution in [0.5, 0.6) is 0 Å². The van der Waals surface area contributed by atoms with Gasteiger partial charge >= 0.3 is 5.97 Å². The van der Waals surface area contributed by atoms with Crippen LogP contribution < -0.4 is 0 Å². The van der Waals surface area contributed by atoms with Gasteiger partial charge in [-0.15, -0.1) is 0 Å². The normalized spacial score (nSPS) is 49.3. The second kappa shape index (κ2) is 7.21. The number of hydrogen-bond acceptors (Lipinski definition) is 3. The number of rotatable bonds is 1. The fourth-order valence-electron chi connectivity index (χ4n) is 9.88. The molecule has 5 aliphatic rings. The molecule has 194 valence electrons. The summed E-state index contributed by atoms with van der Waals surface area (Å²) in [4.78, 5) is 43.3. The van der Waals surface area contributed by atoms with E-state index in [-0.39, 0.29) is 51.3 Å². The molecule has 3 fully saturated rings. The van der Waals surface area contributed by atoms with E-state index in [0.717, 1.165) is 37.7 Å². The second-order valence-corrected chi connectivity index (χ2v) is 14.6. The molecule has 0 radical (unpaired) electrons. The summed E-state index contributed by atoms with van der Waals surface area (Å²) >= 11 is 0. The van der Waals surface area contributed by atoms with Gasteiger partial charge in [-0.1, -0.05) is 53.2 Å². The molecular weight excluding hydrogens is 450 g/mol. The number of nitrogens with zero attached hydrogens (tertiary/aromatic N) is 1. The van der Waals surface area contributed by atoms with E-state index in [1.165, 1.54) is 0 Å². The molecule has 3 saturated carbocycles. The number of fused-ring (bicyclic) bond motifs is 7. The van der Waals surface area contributed by atoms with E-state index in [2.05, 4.69) is 32.5 Å². The number of aliphatic carboxylic acids is 1. The summed E-state index contributed by atoms with van der Waals surface area (Å²) in [6, 6.07) is 0. The van der Waals surface area contributed by atoms with E-state index in [1.807, 2.05) is 32.9 Å². The van der Waals surface area contributed by atoms with Crippen molar-refractivity contribution in [2.75, 3.05) is 0 Å². The second-order valence-electron chi connectivity index (χ2n) is 14.6. The number of carboxylic acids is 1. The number of ketones is 2. The predicted octanol–water partition coefficient (Wildman–Crippen LogP) is 6.64. The molecule has 0 bridgehead atoms. The SMILES string of the molecule is [C-]#[N+]C1=C[C@]2(C)C3=CC(=O)[C@@H]4[C@@H]5C[C@@](C)(C(=O)O)CC[C@]5(C)CC[C@@]4(C)[C@]3(C)CC[C@H]2C(C)(C)C1=O.